The van der Waals surface area contributed by atoms with Crippen LogP contribution in [-0.4, -0.2) is 19.9 Å². The van der Waals surface area contributed by atoms with Crippen molar-refractivity contribution in [3.05, 3.63) is 225 Å². The van der Waals surface area contributed by atoms with E-state index in [1.165, 1.54) is 78.3 Å². The van der Waals surface area contributed by atoms with E-state index in [0.29, 0.717) is 71.0 Å². The van der Waals surface area contributed by atoms with Crippen molar-refractivity contribution >= 4 is 0 Å². The minimum absolute atomic E-state index is 0.531. The lowest BCUT2D eigenvalue weighted by molar-refractivity contribution is 0.765. The molecule has 0 N–H and O–H groups in total. The van der Waals surface area contributed by atoms with Gasteiger partial charge in [0.2, 0.25) is 0 Å². The number of rotatable bonds is 12. The van der Waals surface area contributed by atoms with Crippen molar-refractivity contribution < 1.29 is 0 Å². The molecule has 80 heavy (non-hydrogen) atoms. The van der Waals surface area contributed by atoms with Gasteiger partial charge in [-0.25, -0.2) is 0 Å². The first-order valence-corrected chi connectivity index (χ1v) is 30.5. The lowest BCUT2D eigenvalue weighted by atomic mass is 9.91. The van der Waals surface area contributed by atoms with Gasteiger partial charge in [-0.1, -0.05) is 245 Å². The third-order valence-electron chi connectivity index (χ3n) is 14.2. The zero-order valence-electron chi connectivity index (χ0n) is 55.6. The molecule has 0 radical (unpaired) electrons. The Morgan fingerprint density at radius 3 is 0.950 bits per heavy atom. The minimum Gasteiger partial charge on any atom is -0.264 e. The van der Waals surface area contributed by atoms with Crippen molar-refractivity contribution in [2.24, 2.45) is 0 Å². The fourth-order valence-electron chi connectivity index (χ4n) is 8.33. The predicted molar refractivity (Wildman–Crippen MR) is 355 cm³/mol. The Kier molecular flexibility index (Phi) is 34.4. The number of aryl methyl sites for hydroxylation is 2. The average Bonchev–Trinajstić information content (AvgIpc) is 3.42. The summed E-state index contributed by atoms with van der Waals surface area (Å²) in [4.78, 5) is 17.0. The van der Waals surface area contributed by atoms with Crippen LogP contribution in [-0.2, 0) is 0 Å². The zero-order valence-corrected chi connectivity index (χ0v) is 55.6. The Balaban J connectivity index is 0.000000468. The number of benzene rings is 3. The molecule has 4 nitrogen and oxygen atoms in total. The molecule has 7 aromatic rings. The first-order valence-electron chi connectivity index (χ1n) is 30.5. The second-order valence-electron chi connectivity index (χ2n) is 25.3. The zero-order chi connectivity index (χ0) is 60.8. The van der Waals surface area contributed by atoms with Gasteiger partial charge >= 0.3 is 0 Å². The molecule has 7 rings (SSSR count). The van der Waals surface area contributed by atoms with Gasteiger partial charge in [0, 0.05) is 48.1 Å². The van der Waals surface area contributed by atoms with Crippen molar-refractivity contribution in [2.75, 3.05) is 0 Å². The quantitative estimate of drug-likeness (QED) is 0.122. The van der Waals surface area contributed by atoms with E-state index in [2.05, 4.69) is 309 Å². The van der Waals surface area contributed by atoms with Crippen molar-refractivity contribution in [1.29, 1.82) is 0 Å². The summed E-state index contributed by atoms with van der Waals surface area (Å²) >= 11 is 0. The highest BCUT2D eigenvalue weighted by molar-refractivity contribution is 5.33. The smallest absolute Gasteiger partial charge is 0.0432 e. The highest BCUT2D eigenvalue weighted by atomic mass is 14.7. The molecular formula is C76H114N4. The van der Waals surface area contributed by atoms with E-state index in [-0.39, 0.29) is 0 Å². The molecule has 0 amide bonds. The Morgan fingerprint density at radius 2 is 0.613 bits per heavy atom. The van der Waals surface area contributed by atoms with Crippen molar-refractivity contribution in [1.82, 2.24) is 19.9 Å². The highest BCUT2D eigenvalue weighted by Gasteiger charge is 2.10. The molecule has 0 unspecified atom stereocenters. The van der Waals surface area contributed by atoms with Gasteiger partial charge < -0.3 is 0 Å². The molecule has 4 heterocycles. The topological polar surface area (TPSA) is 51.6 Å². The summed E-state index contributed by atoms with van der Waals surface area (Å²) in [5.74, 6) is 7.24. The first-order chi connectivity index (χ1) is 37.5. The number of hydrogen-bond acceptors (Lipinski definition) is 4. The van der Waals surface area contributed by atoms with Crippen LogP contribution in [0.2, 0.25) is 0 Å². The molecule has 0 spiro atoms. The maximum atomic E-state index is 4.57. The van der Waals surface area contributed by atoms with E-state index in [1.54, 1.807) is 0 Å². The SMILES string of the molecule is CC(C)c1ccc(C(C)C)cc1.CC(C)c1cccc(C(C)C)c1.CC(C)c1cccc(C(C)C)n1.CC(C)c1ccccc1C(C)C.CC(C)c1ccnc(C(C)C)c1.CC(C)c1ccncc1C(C)C.Cc1ccncc1C. The van der Waals surface area contributed by atoms with Crippen molar-refractivity contribution in [3.8, 4) is 0 Å². The monoisotopic (exact) mass is 1080 g/mol. The van der Waals surface area contributed by atoms with Gasteiger partial charge in [0.25, 0.3) is 0 Å². The predicted octanol–water partition coefficient (Wildman–Crippen LogP) is 23.5. The Labute approximate surface area is 493 Å². The van der Waals surface area contributed by atoms with Crippen LogP contribution >= 0.6 is 0 Å². The minimum atomic E-state index is 0.531. The van der Waals surface area contributed by atoms with Crippen LogP contribution in [0.15, 0.2) is 146 Å². The first kappa shape index (κ1) is 72.3. The van der Waals surface area contributed by atoms with E-state index in [4.69, 9.17) is 0 Å². The fourth-order valence-corrected chi connectivity index (χ4v) is 8.33. The Bertz CT molecular complexity index is 2350. The van der Waals surface area contributed by atoms with E-state index >= 15 is 0 Å². The summed E-state index contributed by atoms with van der Waals surface area (Å²) < 4.78 is 0. The Hall–Kier alpha value is -5.74. The molecule has 4 aromatic heterocycles. The number of hydrogen-bond donors (Lipinski definition) is 0. The van der Waals surface area contributed by atoms with Crippen LogP contribution in [0.3, 0.4) is 0 Å². The second-order valence-corrected chi connectivity index (χ2v) is 25.3. The summed E-state index contributed by atoms with van der Waals surface area (Å²) in [6.07, 6.45) is 9.45. The van der Waals surface area contributed by atoms with Gasteiger partial charge in [0.15, 0.2) is 0 Å². The molecule has 4 heteroatoms. The normalized spacial score (nSPS) is 11.0. The molecule has 0 saturated heterocycles. The number of nitrogens with zero attached hydrogens (tertiary/aromatic N) is 4. The summed E-state index contributed by atoms with van der Waals surface area (Å²) in [5, 5.41) is 0. The lowest BCUT2D eigenvalue weighted by Crippen LogP contribution is -1.98. The van der Waals surface area contributed by atoms with Crippen molar-refractivity contribution in [3.63, 3.8) is 0 Å². The van der Waals surface area contributed by atoms with Gasteiger partial charge in [-0.15, -0.1) is 0 Å². The summed E-state index contributed by atoms with van der Waals surface area (Å²) in [6, 6.07) is 41.3. The van der Waals surface area contributed by atoms with E-state index in [0.717, 1.165) is 0 Å². The van der Waals surface area contributed by atoms with Gasteiger partial charge in [0.1, 0.15) is 0 Å². The number of pyridine rings is 4. The maximum absolute atomic E-state index is 4.57. The van der Waals surface area contributed by atoms with Crippen LogP contribution in [0.4, 0.5) is 0 Å². The molecule has 0 bridgehead atoms. The Morgan fingerprint density at radius 1 is 0.250 bits per heavy atom. The van der Waals surface area contributed by atoms with Gasteiger partial charge in [0.05, 0.1) is 0 Å². The standard InChI is InChI=1S/3C12H18.3C11H17N.C7H9N/c1-9(2)11-5-7-12(8-6-11)10(3)4;1-9(2)11-6-5-7-12(8-11)10(3)4;1-9(2)11-7-5-6-8-12(11)10(3)4;1-8(2)10-5-6-12-7-11(10)9(3)4;1-8(2)10-5-6-12-11(7-10)9(3)4;1-8(2)10-6-5-7-11(12-10)9(3)4;1-6-3-4-8-5-7(6)2/h3*5-10H,1-4H3;3*5-9H,1-4H3;3-5H,1-2H3. The van der Waals surface area contributed by atoms with Gasteiger partial charge in [-0.2, -0.15) is 0 Å². The van der Waals surface area contributed by atoms with E-state index in [9.17, 15) is 0 Å². The molecule has 3 aromatic carbocycles. The van der Waals surface area contributed by atoms with Crippen LogP contribution in [0.1, 0.15) is 315 Å². The van der Waals surface area contributed by atoms with Crippen LogP contribution in [0.5, 0.6) is 0 Å². The van der Waals surface area contributed by atoms with E-state index < -0.39 is 0 Å². The van der Waals surface area contributed by atoms with Crippen LogP contribution in [0.25, 0.3) is 0 Å². The van der Waals surface area contributed by atoms with Crippen molar-refractivity contribution in [2.45, 2.75) is 251 Å². The average molecular weight is 1080 g/mol. The maximum Gasteiger partial charge on any atom is 0.0432 e. The molecule has 0 aliphatic rings. The number of aromatic nitrogens is 4. The van der Waals surface area contributed by atoms with Crippen LogP contribution in [0, 0.1) is 13.8 Å². The summed E-state index contributed by atoms with van der Waals surface area (Å²) in [6.45, 7) is 57.3. The second kappa shape index (κ2) is 38.1. The highest BCUT2D eigenvalue weighted by Crippen LogP contribution is 2.27. The fraction of sp³-hybridized carbons (Fsp3) is 0.500. The molecule has 0 aliphatic carbocycles. The molecule has 0 atom stereocenters. The third-order valence-corrected chi connectivity index (χ3v) is 14.2. The molecular weight excluding hydrogens is 969 g/mol. The third kappa shape index (κ3) is 27.6. The summed E-state index contributed by atoms with van der Waals surface area (Å²) in [5.41, 5.74) is 19.1. The van der Waals surface area contributed by atoms with Gasteiger partial charge in [-0.3, -0.25) is 19.9 Å². The van der Waals surface area contributed by atoms with Crippen LogP contribution < -0.4 is 0 Å². The lowest BCUT2D eigenvalue weighted by Gasteiger charge is -2.14. The molecule has 0 aliphatic heterocycles. The largest absolute Gasteiger partial charge is 0.264 e. The van der Waals surface area contributed by atoms with Gasteiger partial charge in [-0.05, 0) is 182 Å². The van der Waals surface area contributed by atoms with E-state index in [1.807, 2.05) is 37.1 Å². The summed E-state index contributed by atoms with van der Waals surface area (Å²) in [7, 11) is 0. The molecule has 438 valence electrons. The molecule has 0 fully saturated rings. The molecule has 0 saturated carbocycles.